The summed E-state index contributed by atoms with van der Waals surface area (Å²) >= 11 is 0. The molecule has 130 valence electrons. The Morgan fingerprint density at radius 3 is 3.00 bits per heavy atom. The van der Waals surface area contributed by atoms with Gasteiger partial charge >= 0.3 is 6.03 Å². The molecule has 1 saturated heterocycles. The first-order valence-corrected chi connectivity index (χ1v) is 9.31. The minimum absolute atomic E-state index is 0.0611. The molecule has 2 fully saturated rings. The van der Waals surface area contributed by atoms with Crippen LogP contribution in [0.25, 0.3) is 0 Å². The summed E-state index contributed by atoms with van der Waals surface area (Å²) in [6.45, 7) is 0.729. The Labute approximate surface area is 146 Å². The first-order chi connectivity index (χ1) is 12.3. The average Bonchev–Trinajstić information content (AvgIpc) is 3.08. The number of aromatic nitrogens is 2. The summed E-state index contributed by atoms with van der Waals surface area (Å²) < 4.78 is 5.47. The highest BCUT2D eigenvalue weighted by molar-refractivity contribution is 5.91. The van der Waals surface area contributed by atoms with E-state index in [0.29, 0.717) is 11.8 Å². The highest BCUT2D eigenvalue weighted by Gasteiger charge is 2.36. The van der Waals surface area contributed by atoms with Gasteiger partial charge < -0.3 is 14.7 Å². The second-order valence-electron chi connectivity index (χ2n) is 7.34. The Kier molecular flexibility index (Phi) is 3.50. The number of hydrogen-bond donors (Lipinski definition) is 1. The summed E-state index contributed by atoms with van der Waals surface area (Å²) in [5.41, 5.74) is 3.61. The summed E-state index contributed by atoms with van der Waals surface area (Å²) in [6.07, 6.45) is 7.46. The van der Waals surface area contributed by atoms with Gasteiger partial charge in [0, 0.05) is 18.2 Å². The van der Waals surface area contributed by atoms with Gasteiger partial charge in [-0.2, -0.15) is 4.98 Å². The number of carbonyl (C=O) groups is 1. The van der Waals surface area contributed by atoms with Crippen LogP contribution in [0.1, 0.15) is 66.9 Å². The average molecular weight is 338 g/mol. The fraction of sp³-hybridized carbons (Fsp3) is 0.526. The minimum atomic E-state index is -0.100. The zero-order valence-corrected chi connectivity index (χ0v) is 14.2. The van der Waals surface area contributed by atoms with Crippen LogP contribution in [0.2, 0.25) is 0 Å². The van der Waals surface area contributed by atoms with Gasteiger partial charge in [0.2, 0.25) is 5.89 Å². The lowest BCUT2D eigenvalue weighted by atomic mass is 10.1. The molecule has 6 heteroatoms. The van der Waals surface area contributed by atoms with Gasteiger partial charge in [0.15, 0.2) is 5.82 Å². The summed E-state index contributed by atoms with van der Waals surface area (Å²) in [5.74, 6) is 1.86. The third kappa shape index (κ3) is 2.69. The van der Waals surface area contributed by atoms with E-state index in [1.807, 2.05) is 17.0 Å². The van der Waals surface area contributed by atoms with Gasteiger partial charge in [0.05, 0.1) is 0 Å². The summed E-state index contributed by atoms with van der Waals surface area (Å²) in [4.78, 5) is 19.3. The van der Waals surface area contributed by atoms with E-state index in [0.717, 1.165) is 56.6 Å². The van der Waals surface area contributed by atoms with E-state index in [2.05, 4.69) is 21.5 Å². The molecule has 0 spiro atoms. The number of urea groups is 1. The van der Waals surface area contributed by atoms with Gasteiger partial charge in [-0.1, -0.05) is 17.3 Å². The molecular weight excluding hydrogens is 316 g/mol. The molecule has 2 aliphatic carbocycles. The number of carbonyl (C=O) groups excluding carboxylic acids is 1. The molecular formula is C19H22N4O2. The van der Waals surface area contributed by atoms with E-state index in [9.17, 15) is 4.79 Å². The predicted octanol–water partition coefficient (Wildman–Crippen LogP) is 3.80. The quantitative estimate of drug-likeness (QED) is 0.924. The zero-order valence-electron chi connectivity index (χ0n) is 14.2. The molecule has 1 atom stereocenters. The maximum absolute atomic E-state index is 12.9. The van der Waals surface area contributed by atoms with Crippen molar-refractivity contribution in [3.05, 3.63) is 41.0 Å². The van der Waals surface area contributed by atoms with Crippen LogP contribution in [0.4, 0.5) is 10.5 Å². The maximum atomic E-state index is 12.9. The molecule has 0 unspecified atom stereocenters. The standard InChI is InChI=1S/C19H22N4O2/c24-19(20-15-7-2-5-12-4-1-6-14(12)15)23-11-3-8-16(23)18-21-17(22-25-18)13-9-10-13/h2,5,7,13,16H,1,3-4,6,8-11H2,(H,20,24)/t16-/m0/s1. The van der Waals surface area contributed by atoms with Gasteiger partial charge in [-0.3, -0.25) is 0 Å². The molecule has 0 bridgehead atoms. The number of likely N-dealkylation sites (tertiary alicyclic amines) is 1. The van der Waals surface area contributed by atoms with Crippen LogP contribution < -0.4 is 5.32 Å². The van der Waals surface area contributed by atoms with Gasteiger partial charge in [0.25, 0.3) is 0 Å². The number of nitrogens with zero attached hydrogens (tertiary/aromatic N) is 3. The minimum Gasteiger partial charge on any atom is -0.337 e. The highest BCUT2D eigenvalue weighted by Crippen LogP contribution is 2.40. The maximum Gasteiger partial charge on any atom is 0.322 e. The fourth-order valence-corrected chi connectivity index (χ4v) is 4.08. The Hall–Kier alpha value is -2.37. The van der Waals surface area contributed by atoms with Crippen LogP contribution in [-0.4, -0.2) is 27.6 Å². The molecule has 1 N–H and O–H groups in total. The first-order valence-electron chi connectivity index (χ1n) is 9.31. The second-order valence-corrected chi connectivity index (χ2v) is 7.34. The lowest BCUT2D eigenvalue weighted by molar-refractivity contribution is 0.193. The molecule has 1 aromatic carbocycles. The zero-order chi connectivity index (χ0) is 16.8. The Morgan fingerprint density at radius 2 is 2.12 bits per heavy atom. The van der Waals surface area contributed by atoms with Crippen LogP contribution in [0.3, 0.4) is 0 Å². The molecule has 1 aromatic heterocycles. The number of benzene rings is 1. The van der Waals surface area contributed by atoms with Crippen molar-refractivity contribution in [2.24, 2.45) is 0 Å². The Balaban J connectivity index is 1.34. The van der Waals surface area contributed by atoms with Crippen LogP contribution in [-0.2, 0) is 12.8 Å². The van der Waals surface area contributed by atoms with Gasteiger partial charge in [-0.25, -0.2) is 4.79 Å². The number of hydrogen-bond acceptors (Lipinski definition) is 4. The molecule has 1 saturated carbocycles. The highest BCUT2D eigenvalue weighted by atomic mass is 16.5. The van der Waals surface area contributed by atoms with E-state index >= 15 is 0 Å². The van der Waals surface area contributed by atoms with Crippen LogP contribution in [0.5, 0.6) is 0 Å². The lowest BCUT2D eigenvalue weighted by Crippen LogP contribution is -2.34. The van der Waals surface area contributed by atoms with Crippen molar-refractivity contribution in [3.8, 4) is 0 Å². The monoisotopic (exact) mass is 338 g/mol. The molecule has 1 aliphatic heterocycles. The molecule has 5 rings (SSSR count). The number of fused-ring (bicyclic) bond motifs is 1. The summed E-state index contributed by atoms with van der Waals surface area (Å²) in [6, 6.07) is 6.03. The van der Waals surface area contributed by atoms with Crippen LogP contribution in [0, 0.1) is 0 Å². The first kappa shape index (κ1) is 14.9. The van der Waals surface area contributed by atoms with Crippen molar-refractivity contribution in [2.75, 3.05) is 11.9 Å². The lowest BCUT2D eigenvalue weighted by Gasteiger charge is -2.23. The van der Waals surface area contributed by atoms with E-state index in [1.54, 1.807) is 0 Å². The second kappa shape index (κ2) is 5.86. The largest absolute Gasteiger partial charge is 0.337 e. The van der Waals surface area contributed by atoms with Crippen LogP contribution in [0.15, 0.2) is 22.7 Å². The molecule has 25 heavy (non-hydrogen) atoms. The normalized spacial score (nSPS) is 22.2. The molecule has 3 aliphatic rings. The van der Waals surface area contributed by atoms with Crippen molar-refractivity contribution in [1.82, 2.24) is 15.0 Å². The van der Waals surface area contributed by atoms with Crippen molar-refractivity contribution in [2.45, 2.75) is 56.9 Å². The number of nitrogens with one attached hydrogen (secondary N) is 1. The van der Waals surface area contributed by atoms with Crippen molar-refractivity contribution in [1.29, 1.82) is 0 Å². The molecule has 2 amide bonds. The topological polar surface area (TPSA) is 71.3 Å². The molecule has 6 nitrogen and oxygen atoms in total. The Morgan fingerprint density at radius 1 is 1.20 bits per heavy atom. The van der Waals surface area contributed by atoms with E-state index < -0.39 is 0 Å². The number of amides is 2. The predicted molar refractivity (Wildman–Crippen MR) is 92.4 cm³/mol. The van der Waals surface area contributed by atoms with Crippen molar-refractivity contribution < 1.29 is 9.32 Å². The van der Waals surface area contributed by atoms with Gasteiger partial charge in [-0.15, -0.1) is 0 Å². The third-order valence-electron chi connectivity index (χ3n) is 5.59. The molecule has 0 radical (unpaired) electrons. The SMILES string of the molecule is O=C(Nc1cccc2c1CCC2)N1CCC[C@H]1c1nc(C2CC2)no1. The number of anilines is 1. The van der Waals surface area contributed by atoms with E-state index in [-0.39, 0.29) is 12.1 Å². The van der Waals surface area contributed by atoms with Crippen molar-refractivity contribution >= 4 is 11.7 Å². The Bertz CT molecular complexity index is 812. The third-order valence-corrected chi connectivity index (χ3v) is 5.59. The molecule has 2 heterocycles. The molecule has 2 aromatic rings. The van der Waals surface area contributed by atoms with Crippen LogP contribution >= 0.6 is 0 Å². The summed E-state index contributed by atoms with van der Waals surface area (Å²) in [5, 5.41) is 7.23. The van der Waals surface area contributed by atoms with Crippen molar-refractivity contribution in [3.63, 3.8) is 0 Å². The smallest absolute Gasteiger partial charge is 0.322 e. The van der Waals surface area contributed by atoms with E-state index in [1.165, 1.54) is 17.5 Å². The summed E-state index contributed by atoms with van der Waals surface area (Å²) in [7, 11) is 0. The van der Waals surface area contributed by atoms with Gasteiger partial charge in [0.1, 0.15) is 6.04 Å². The fourth-order valence-electron chi connectivity index (χ4n) is 4.08. The van der Waals surface area contributed by atoms with Gasteiger partial charge in [-0.05, 0) is 62.1 Å². The number of aryl methyl sites for hydroxylation is 1. The van der Waals surface area contributed by atoms with E-state index in [4.69, 9.17) is 4.52 Å². The number of rotatable bonds is 3.